The lowest BCUT2D eigenvalue weighted by Gasteiger charge is -2.25. The molecule has 4 heteroatoms. The van der Waals surface area contributed by atoms with Crippen molar-refractivity contribution in [1.29, 1.82) is 0 Å². The highest BCUT2D eigenvalue weighted by molar-refractivity contribution is 5.46. The second-order valence-electron chi connectivity index (χ2n) is 5.43. The molecule has 0 amide bonds. The van der Waals surface area contributed by atoms with Crippen LogP contribution in [0.15, 0.2) is 24.3 Å². The second kappa shape index (κ2) is 8.12. The summed E-state index contributed by atoms with van der Waals surface area (Å²) in [6, 6.07) is 8.36. The van der Waals surface area contributed by atoms with Crippen LogP contribution >= 0.6 is 0 Å². The molecule has 1 saturated heterocycles. The van der Waals surface area contributed by atoms with Gasteiger partial charge in [0.1, 0.15) is 12.4 Å². The largest absolute Gasteiger partial charge is 0.491 e. The Kier molecular flexibility index (Phi) is 6.15. The molecule has 0 saturated carbocycles. The van der Waals surface area contributed by atoms with Crippen LogP contribution in [0.2, 0.25) is 0 Å². The summed E-state index contributed by atoms with van der Waals surface area (Å²) in [6.45, 7) is 4.43. The Morgan fingerprint density at radius 3 is 2.65 bits per heavy atom. The van der Waals surface area contributed by atoms with E-state index in [2.05, 4.69) is 12.2 Å². The van der Waals surface area contributed by atoms with E-state index in [-0.39, 0.29) is 6.61 Å². The predicted molar refractivity (Wildman–Crippen MR) is 80.3 cm³/mol. The molecule has 0 aromatic heterocycles. The van der Waals surface area contributed by atoms with Gasteiger partial charge in [0.05, 0.1) is 6.61 Å². The molecule has 2 N–H and O–H groups in total. The summed E-state index contributed by atoms with van der Waals surface area (Å²) < 4.78 is 10.7. The van der Waals surface area contributed by atoms with Crippen molar-refractivity contribution in [2.45, 2.75) is 32.2 Å². The Labute approximate surface area is 121 Å². The molecule has 1 atom stereocenters. The normalized spacial score (nSPS) is 17.7. The van der Waals surface area contributed by atoms with E-state index in [9.17, 15) is 0 Å². The smallest absolute Gasteiger partial charge is 0.119 e. The van der Waals surface area contributed by atoms with Crippen LogP contribution in [0.5, 0.6) is 5.75 Å². The minimum absolute atomic E-state index is 0.0438. The van der Waals surface area contributed by atoms with Gasteiger partial charge >= 0.3 is 0 Å². The van der Waals surface area contributed by atoms with Gasteiger partial charge in [-0.15, -0.1) is 0 Å². The standard InChI is InChI=1S/C16H25NO3/c1-13(12-14-6-9-19-10-7-14)17-15-2-4-16(5-3-15)20-11-8-18/h2-5,13-14,17-18H,6-12H2,1H3. The summed E-state index contributed by atoms with van der Waals surface area (Å²) in [4.78, 5) is 0. The average molecular weight is 279 g/mol. The van der Waals surface area contributed by atoms with Crippen LogP contribution in [0, 0.1) is 5.92 Å². The van der Waals surface area contributed by atoms with Gasteiger partial charge in [0.2, 0.25) is 0 Å². The summed E-state index contributed by atoms with van der Waals surface area (Å²) in [5.74, 6) is 1.57. The van der Waals surface area contributed by atoms with E-state index < -0.39 is 0 Å². The molecule has 1 aliphatic rings. The van der Waals surface area contributed by atoms with Crippen LogP contribution in [-0.4, -0.2) is 37.6 Å². The number of benzene rings is 1. The maximum Gasteiger partial charge on any atom is 0.119 e. The van der Waals surface area contributed by atoms with E-state index in [0.29, 0.717) is 12.6 Å². The van der Waals surface area contributed by atoms with Gasteiger partial charge < -0.3 is 19.9 Å². The van der Waals surface area contributed by atoms with Gasteiger partial charge in [-0.1, -0.05) is 0 Å². The van der Waals surface area contributed by atoms with Gasteiger partial charge in [0, 0.05) is 24.9 Å². The van der Waals surface area contributed by atoms with Crippen LogP contribution in [0.4, 0.5) is 5.69 Å². The van der Waals surface area contributed by atoms with Crippen molar-refractivity contribution in [2.24, 2.45) is 5.92 Å². The maximum absolute atomic E-state index is 8.71. The lowest BCUT2D eigenvalue weighted by Crippen LogP contribution is -2.24. The number of nitrogens with one attached hydrogen (secondary N) is 1. The first-order chi connectivity index (χ1) is 9.78. The Morgan fingerprint density at radius 1 is 1.30 bits per heavy atom. The number of ether oxygens (including phenoxy) is 2. The molecular weight excluding hydrogens is 254 g/mol. The van der Waals surface area contributed by atoms with Crippen molar-refractivity contribution in [3.63, 3.8) is 0 Å². The first-order valence-corrected chi connectivity index (χ1v) is 7.46. The molecule has 112 valence electrons. The van der Waals surface area contributed by atoms with Crippen molar-refractivity contribution in [2.75, 3.05) is 31.7 Å². The Hall–Kier alpha value is -1.26. The van der Waals surface area contributed by atoms with Crippen LogP contribution in [0.3, 0.4) is 0 Å². The van der Waals surface area contributed by atoms with Gasteiger partial charge in [-0.25, -0.2) is 0 Å². The number of hydrogen-bond donors (Lipinski definition) is 2. The van der Waals surface area contributed by atoms with Gasteiger partial charge in [-0.05, 0) is 56.4 Å². The molecule has 1 aromatic rings. The minimum atomic E-state index is 0.0438. The molecule has 1 aromatic carbocycles. The summed E-state index contributed by atoms with van der Waals surface area (Å²) >= 11 is 0. The third kappa shape index (κ3) is 5.02. The molecule has 1 unspecified atom stereocenters. The maximum atomic E-state index is 8.71. The average Bonchev–Trinajstić information content (AvgIpc) is 2.47. The molecule has 0 aliphatic carbocycles. The Morgan fingerprint density at radius 2 is 2.00 bits per heavy atom. The molecule has 20 heavy (non-hydrogen) atoms. The van der Waals surface area contributed by atoms with E-state index in [1.165, 1.54) is 19.3 Å². The summed E-state index contributed by atoms with van der Waals surface area (Å²) in [5.41, 5.74) is 1.11. The Balaban J connectivity index is 1.76. The molecule has 1 aliphatic heterocycles. The van der Waals surface area contributed by atoms with E-state index in [0.717, 1.165) is 30.6 Å². The van der Waals surface area contributed by atoms with Gasteiger partial charge in [-0.3, -0.25) is 0 Å². The zero-order chi connectivity index (χ0) is 14.2. The predicted octanol–water partition coefficient (Wildman–Crippen LogP) is 2.67. The molecule has 0 spiro atoms. The third-order valence-corrected chi connectivity index (χ3v) is 3.66. The van der Waals surface area contributed by atoms with Crippen molar-refractivity contribution in [1.82, 2.24) is 0 Å². The van der Waals surface area contributed by atoms with E-state index in [1.807, 2.05) is 24.3 Å². The quantitative estimate of drug-likeness (QED) is 0.805. The fourth-order valence-corrected chi connectivity index (χ4v) is 2.64. The second-order valence-corrected chi connectivity index (χ2v) is 5.43. The fourth-order valence-electron chi connectivity index (χ4n) is 2.64. The van der Waals surface area contributed by atoms with E-state index in [4.69, 9.17) is 14.6 Å². The summed E-state index contributed by atoms with van der Waals surface area (Å²) in [5, 5.41) is 12.2. The van der Waals surface area contributed by atoms with Crippen LogP contribution in [-0.2, 0) is 4.74 Å². The number of hydrogen-bond acceptors (Lipinski definition) is 4. The first-order valence-electron chi connectivity index (χ1n) is 7.46. The highest BCUT2D eigenvalue weighted by atomic mass is 16.5. The van der Waals surface area contributed by atoms with E-state index in [1.54, 1.807) is 0 Å². The fraction of sp³-hybridized carbons (Fsp3) is 0.625. The van der Waals surface area contributed by atoms with Gasteiger partial charge in [0.25, 0.3) is 0 Å². The highest BCUT2D eigenvalue weighted by Gasteiger charge is 2.16. The lowest BCUT2D eigenvalue weighted by atomic mass is 9.93. The Bertz CT molecular complexity index is 374. The van der Waals surface area contributed by atoms with Crippen molar-refractivity contribution >= 4 is 5.69 Å². The summed E-state index contributed by atoms with van der Waals surface area (Å²) in [6.07, 6.45) is 3.55. The molecule has 0 radical (unpaired) electrons. The zero-order valence-electron chi connectivity index (χ0n) is 12.2. The van der Waals surface area contributed by atoms with Crippen LogP contribution < -0.4 is 10.1 Å². The molecule has 0 bridgehead atoms. The molecule has 1 heterocycles. The highest BCUT2D eigenvalue weighted by Crippen LogP contribution is 2.22. The minimum Gasteiger partial charge on any atom is -0.491 e. The van der Waals surface area contributed by atoms with Crippen LogP contribution in [0.1, 0.15) is 26.2 Å². The number of aliphatic hydroxyl groups is 1. The monoisotopic (exact) mass is 279 g/mol. The van der Waals surface area contributed by atoms with Crippen LogP contribution in [0.25, 0.3) is 0 Å². The molecule has 2 rings (SSSR count). The molecule has 4 nitrogen and oxygen atoms in total. The molecule has 1 fully saturated rings. The van der Waals surface area contributed by atoms with Gasteiger partial charge in [0.15, 0.2) is 0 Å². The topological polar surface area (TPSA) is 50.7 Å². The lowest BCUT2D eigenvalue weighted by molar-refractivity contribution is 0.0629. The van der Waals surface area contributed by atoms with Crippen molar-refractivity contribution < 1.29 is 14.6 Å². The third-order valence-electron chi connectivity index (χ3n) is 3.66. The molecular formula is C16H25NO3. The van der Waals surface area contributed by atoms with E-state index >= 15 is 0 Å². The first kappa shape index (κ1) is 15.1. The van der Waals surface area contributed by atoms with Gasteiger partial charge in [-0.2, -0.15) is 0 Å². The number of aliphatic hydroxyl groups excluding tert-OH is 1. The summed E-state index contributed by atoms with van der Waals surface area (Å²) in [7, 11) is 0. The van der Waals surface area contributed by atoms with Crippen molar-refractivity contribution in [3.05, 3.63) is 24.3 Å². The SMILES string of the molecule is CC(CC1CCOCC1)Nc1ccc(OCCO)cc1. The zero-order valence-corrected chi connectivity index (χ0v) is 12.2. The van der Waals surface area contributed by atoms with Crippen molar-refractivity contribution in [3.8, 4) is 5.75 Å². The number of rotatable bonds is 7. The number of anilines is 1.